The molecule has 25 heavy (non-hydrogen) atoms. The average Bonchev–Trinajstić information content (AvgIpc) is 3.19. The van der Waals surface area contributed by atoms with Gasteiger partial charge in [0.2, 0.25) is 5.91 Å². The summed E-state index contributed by atoms with van der Waals surface area (Å²) < 4.78 is 0. The highest BCUT2D eigenvalue weighted by atomic mass is 16.2. The third-order valence-corrected chi connectivity index (χ3v) is 6.87. The van der Waals surface area contributed by atoms with E-state index in [1.807, 2.05) is 0 Å². The number of hydrogen-bond acceptors (Lipinski definition) is 3. The fourth-order valence-electron chi connectivity index (χ4n) is 5.29. The molecule has 1 aromatic carbocycles. The van der Waals surface area contributed by atoms with Crippen molar-refractivity contribution >= 4 is 5.91 Å². The number of likely N-dealkylation sites (tertiary alicyclic amines) is 1. The van der Waals surface area contributed by atoms with Crippen LogP contribution >= 0.6 is 0 Å². The lowest BCUT2D eigenvalue weighted by atomic mass is 9.84. The molecule has 1 amide bonds. The molecule has 0 aromatic heterocycles. The normalized spacial score (nSPS) is 32.9. The van der Waals surface area contributed by atoms with Crippen molar-refractivity contribution in [2.24, 2.45) is 23.5 Å². The van der Waals surface area contributed by atoms with E-state index in [4.69, 9.17) is 5.73 Å². The number of aryl methyl sites for hydroxylation is 1. The summed E-state index contributed by atoms with van der Waals surface area (Å²) in [5, 5.41) is 3.33. The Labute approximate surface area is 151 Å². The Balaban J connectivity index is 1.26. The van der Waals surface area contributed by atoms with E-state index in [-0.39, 0.29) is 17.9 Å². The minimum Gasteiger partial charge on any atom is -0.353 e. The highest BCUT2D eigenvalue weighted by Gasteiger charge is 2.49. The quantitative estimate of drug-likeness (QED) is 0.884. The lowest BCUT2D eigenvalue weighted by Crippen LogP contribution is -2.50. The third kappa shape index (κ3) is 3.47. The van der Waals surface area contributed by atoms with Crippen LogP contribution < -0.4 is 11.1 Å². The fraction of sp³-hybridized carbons (Fsp3) is 0.667. The van der Waals surface area contributed by atoms with Crippen LogP contribution in [0.1, 0.15) is 43.2 Å². The van der Waals surface area contributed by atoms with Crippen LogP contribution in [0.25, 0.3) is 0 Å². The number of piperidine rings is 1. The van der Waals surface area contributed by atoms with Crippen LogP contribution in [0.2, 0.25) is 0 Å². The van der Waals surface area contributed by atoms with E-state index in [0.717, 1.165) is 32.5 Å². The zero-order chi connectivity index (χ0) is 17.4. The lowest BCUT2D eigenvalue weighted by molar-refractivity contribution is -0.128. The zero-order valence-electron chi connectivity index (χ0n) is 15.3. The predicted octanol–water partition coefficient (Wildman–Crippen LogP) is 2.45. The van der Waals surface area contributed by atoms with Crippen LogP contribution in [-0.4, -0.2) is 36.0 Å². The Morgan fingerprint density at radius 2 is 1.88 bits per heavy atom. The molecule has 4 nitrogen and oxygen atoms in total. The minimum absolute atomic E-state index is 0.0729. The standard InChI is InChI=1S/C21H31N3O/c1-14-4-2-3-5-17(14)13-24-10-8-18(9-11-24)23-21(25)19-15-6-7-16(12-15)20(19)22/h2-5,15-16,18-20H,6-13,22H2,1H3,(H,23,25). The summed E-state index contributed by atoms with van der Waals surface area (Å²) in [6, 6.07) is 9.04. The molecule has 3 N–H and O–H groups in total. The molecule has 4 heteroatoms. The molecule has 4 unspecified atom stereocenters. The van der Waals surface area contributed by atoms with E-state index in [1.54, 1.807) is 0 Å². The van der Waals surface area contributed by atoms with Gasteiger partial charge >= 0.3 is 0 Å². The summed E-state index contributed by atoms with van der Waals surface area (Å²) in [4.78, 5) is 15.2. The van der Waals surface area contributed by atoms with Crippen LogP contribution in [0.15, 0.2) is 24.3 Å². The molecule has 2 bridgehead atoms. The van der Waals surface area contributed by atoms with Crippen molar-refractivity contribution in [1.29, 1.82) is 0 Å². The van der Waals surface area contributed by atoms with Gasteiger partial charge in [0.25, 0.3) is 0 Å². The molecule has 1 aromatic rings. The first-order valence-electron chi connectivity index (χ1n) is 9.94. The van der Waals surface area contributed by atoms with E-state index in [0.29, 0.717) is 17.9 Å². The molecule has 1 saturated heterocycles. The number of carbonyl (C=O) groups excluding carboxylic acids is 1. The highest BCUT2D eigenvalue weighted by molar-refractivity contribution is 5.80. The number of nitrogens with one attached hydrogen (secondary N) is 1. The van der Waals surface area contributed by atoms with Gasteiger partial charge in [-0.3, -0.25) is 9.69 Å². The Kier molecular flexibility index (Phi) is 4.83. The fourth-order valence-corrected chi connectivity index (χ4v) is 5.29. The number of fused-ring (bicyclic) bond motifs is 2. The summed E-state index contributed by atoms with van der Waals surface area (Å²) >= 11 is 0. The van der Waals surface area contributed by atoms with Crippen molar-refractivity contribution in [2.75, 3.05) is 13.1 Å². The van der Waals surface area contributed by atoms with Crippen LogP contribution in [0.3, 0.4) is 0 Å². The van der Waals surface area contributed by atoms with Crippen molar-refractivity contribution in [1.82, 2.24) is 10.2 Å². The Bertz CT molecular complexity index is 621. The van der Waals surface area contributed by atoms with E-state index >= 15 is 0 Å². The van der Waals surface area contributed by atoms with Crippen molar-refractivity contribution < 1.29 is 4.79 Å². The predicted molar refractivity (Wildman–Crippen MR) is 99.9 cm³/mol. The first-order chi connectivity index (χ1) is 12.1. The first-order valence-corrected chi connectivity index (χ1v) is 9.94. The number of hydrogen-bond donors (Lipinski definition) is 2. The number of amides is 1. The van der Waals surface area contributed by atoms with Crippen LogP contribution in [0.5, 0.6) is 0 Å². The maximum Gasteiger partial charge on any atom is 0.225 e. The summed E-state index contributed by atoms with van der Waals surface area (Å²) in [6.07, 6.45) is 5.70. The number of benzene rings is 1. The van der Waals surface area contributed by atoms with E-state index in [2.05, 4.69) is 41.4 Å². The topological polar surface area (TPSA) is 58.4 Å². The number of rotatable bonds is 4. The largest absolute Gasteiger partial charge is 0.353 e. The summed E-state index contributed by atoms with van der Waals surface area (Å²) in [5.41, 5.74) is 9.10. The minimum atomic E-state index is 0.0729. The molecule has 4 rings (SSSR count). The van der Waals surface area contributed by atoms with Gasteiger partial charge in [-0.1, -0.05) is 24.3 Å². The summed E-state index contributed by atoms with van der Waals surface area (Å²) in [6.45, 7) is 5.32. The molecular weight excluding hydrogens is 310 g/mol. The Morgan fingerprint density at radius 1 is 1.16 bits per heavy atom. The zero-order valence-corrected chi connectivity index (χ0v) is 15.3. The van der Waals surface area contributed by atoms with Crippen LogP contribution in [0.4, 0.5) is 0 Å². The van der Waals surface area contributed by atoms with E-state index in [1.165, 1.54) is 30.4 Å². The third-order valence-electron chi connectivity index (χ3n) is 6.87. The molecule has 2 aliphatic carbocycles. The second-order valence-corrected chi connectivity index (χ2v) is 8.42. The lowest BCUT2D eigenvalue weighted by Gasteiger charge is -2.34. The molecule has 1 heterocycles. The molecule has 3 fully saturated rings. The maximum atomic E-state index is 12.7. The Morgan fingerprint density at radius 3 is 2.56 bits per heavy atom. The molecule has 2 saturated carbocycles. The molecule has 1 aliphatic heterocycles. The summed E-state index contributed by atoms with van der Waals surface area (Å²) in [5.74, 6) is 1.44. The van der Waals surface area contributed by atoms with Crippen LogP contribution in [-0.2, 0) is 11.3 Å². The molecule has 0 spiro atoms. The van der Waals surface area contributed by atoms with Crippen LogP contribution in [0, 0.1) is 24.7 Å². The van der Waals surface area contributed by atoms with E-state index < -0.39 is 0 Å². The number of nitrogens with zero attached hydrogens (tertiary/aromatic N) is 1. The second-order valence-electron chi connectivity index (χ2n) is 8.42. The SMILES string of the molecule is Cc1ccccc1CN1CCC(NC(=O)C2C3CCC(C3)C2N)CC1. The first kappa shape index (κ1) is 17.0. The molecule has 0 radical (unpaired) electrons. The van der Waals surface area contributed by atoms with E-state index in [9.17, 15) is 4.79 Å². The van der Waals surface area contributed by atoms with Gasteiger partial charge in [-0.2, -0.15) is 0 Å². The van der Waals surface area contributed by atoms with Gasteiger partial charge in [0.15, 0.2) is 0 Å². The van der Waals surface area contributed by atoms with Gasteiger partial charge in [0, 0.05) is 31.7 Å². The molecular formula is C21H31N3O. The number of carbonyl (C=O) groups is 1. The van der Waals surface area contributed by atoms with Crippen molar-refractivity contribution in [3.05, 3.63) is 35.4 Å². The van der Waals surface area contributed by atoms with Gasteiger partial charge in [0.05, 0.1) is 5.92 Å². The molecule has 4 atom stereocenters. The highest BCUT2D eigenvalue weighted by Crippen LogP contribution is 2.47. The Hall–Kier alpha value is -1.39. The molecule has 3 aliphatic rings. The maximum absolute atomic E-state index is 12.7. The van der Waals surface area contributed by atoms with Gasteiger partial charge in [0.1, 0.15) is 0 Å². The molecule has 136 valence electrons. The van der Waals surface area contributed by atoms with Gasteiger partial charge < -0.3 is 11.1 Å². The smallest absolute Gasteiger partial charge is 0.225 e. The van der Waals surface area contributed by atoms with Crippen molar-refractivity contribution in [3.63, 3.8) is 0 Å². The van der Waals surface area contributed by atoms with Crippen molar-refractivity contribution in [3.8, 4) is 0 Å². The van der Waals surface area contributed by atoms with Gasteiger partial charge in [-0.05, 0) is 62.0 Å². The average molecular weight is 341 g/mol. The van der Waals surface area contributed by atoms with Gasteiger partial charge in [-0.15, -0.1) is 0 Å². The monoisotopic (exact) mass is 341 g/mol. The van der Waals surface area contributed by atoms with Gasteiger partial charge in [-0.25, -0.2) is 0 Å². The second kappa shape index (κ2) is 7.08. The van der Waals surface area contributed by atoms with Crippen molar-refractivity contribution in [2.45, 2.75) is 57.7 Å². The number of nitrogens with two attached hydrogens (primary N) is 1. The summed E-state index contributed by atoms with van der Waals surface area (Å²) in [7, 11) is 0.